The summed E-state index contributed by atoms with van der Waals surface area (Å²) in [5.74, 6) is -0.0733. The number of aromatic nitrogens is 3. The van der Waals surface area contributed by atoms with Gasteiger partial charge in [0.2, 0.25) is 5.91 Å². The van der Waals surface area contributed by atoms with Crippen molar-refractivity contribution in [2.75, 3.05) is 5.32 Å². The monoisotopic (exact) mass is 340 g/mol. The zero-order chi connectivity index (χ0) is 15.6. The number of fused-ring (bicyclic) bond motifs is 1. The van der Waals surface area contributed by atoms with Crippen LogP contribution < -0.4 is 5.32 Å². The summed E-state index contributed by atoms with van der Waals surface area (Å²) in [5, 5.41) is 15.7. The van der Waals surface area contributed by atoms with Gasteiger partial charge in [-0.3, -0.25) is 9.89 Å². The van der Waals surface area contributed by atoms with Crippen molar-refractivity contribution >= 4 is 45.2 Å². The number of carbonyl (C=O) groups excluding carboxylic acids is 1. The summed E-state index contributed by atoms with van der Waals surface area (Å²) in [6, 6.07) is 9.69. The van der Waals surface area contributed by atoms with Gasteiger partial charge in [0.1, 0.15) is 5.01 Å². The van der Waals surface area contributed by atoms with Crippen LogP contribution in [0.4, 0.5) is 5.69 Å². The molecular weight excluding hydrogens is 328 g/mol. The Morgan fingerprint density at radius 2 is 2.22 bits per heavy atom. The highest BCUT2D eigenvalue weighted by Crippen LogP contribution is 2.28. The lowest BCUT2D eigenvalue weighted by atomic mass is 10.2. The average Bonchev–Trinajstić information content (AvgIpc) is 3.27. The van der Waals surface area contributed by atoms with Crippen LogP contribution in [0.3, 0.4) is 0 Å². The van der Waals surface area contributed by atoms with Crippen LogP contribution in [-0.4, -0.2) is 21.1 Å². The smallest absolute Gasteiger partial charge is 0.230 e. The van der Waals surface area contributed by atoms with E-state index in [1.165, 1.54) is 0 Å². The standard InChI is InChI=1S/C16H12N4OS2/c21-15(18-11-3-4-13-10(6-11)8-17-20-13)7-12-9-23-16(19-12)14-2-1-5-22-14/h1-6,8-9H,7H2,(H,17,20)(H,18,21). The Bertz CT molecular complexity index is 955. The van der Waals surface area contributed by atoms with Crippen LogP contribution in [0.5, 0.6) is 0 Å². The molecule has 0 aliphatic heterocycles. The van der Waals surface area contributed by atoms with Crippen LogP contribution in [0, 0.1) is 0 Å². The van der Waals surface area contributed by atoms with Crippen molar-refractivity contribution in [3.63, 3.8) is 0 Å². The molecule has 0 saturated heterocycles. The number of H-pyrrole nitrogens is 1. The molecule has 3 heterocycles. The normalized spacial score (nSPS) is 11.0. The summed E-state index contributed by atoms with van der Waals surface area (Å²) >= 11 is 3.22. The van der Waals surface area contributed by atoms with E-state index in [1.54, 1.807) is 28.9 Å². The molecule has 5 nitrogen and oxygen atoms in total. The lowest BCUT2D eigenvalue weighted by Crippen LogP contribution is -2.14. The Balaban J connectivity index is 1.45. The van der Waals surface area contributed by atoms with Gasteiger partial charge in [0.05, 0.1) is 28.7 Å². The van der Waals surface area contributed by atoms with Gasteiger partial charge in [-0.15, -0.1) is 22.7 Å². The van der Waals surface area contributed by atoms with Crippen molar-refractivity contribution in [2.24, 2.45) is 0 Å². The summed E-state index contributed by atoms with van der Waals surface area (Å²) in [4.78, 5) is 17.8. The highest BCUT2D eigenvalue weighted by Gasteiger charge is 2.10. The second kappa shape index (κ2) is 5.94. The van der Waals surface area contributed by atoms with Crippen molar-refractivity contribution in [2.45, 2.75) is 6.42 Å². The first kappa shape index (κ1) is 14.1. The van der Waals surface area contributed by atoms with E-state index in [1.807, 2.05) is 41.1 Å². The van der Waals surface area contributed by atoms with E-state index in [-0.39, 0.29) is 12.3 Å². The molecule has 0 atom stereocenters. The summed E-state index contributed by atoms with van der Waals surface area (Å²) < 4.78 is 0. The minimum Gasteiger partial charge on any atom is -0.326 e. The molecule has 0 fully saturated rings. The molecule has 0 spiro atoms. The second-order valence-corrected chi connectivity index (χ2v) is 6.82. The van der Waals surface area contributed by atoms with Gasteiger partial charge in [-0.1, -0.05) is 6.07 Å². The Morgan fingerprint density at radius 1 is 1.26 bits per heavy atom. The lowest BCUT2D eigenvalue weighted by Gasteiger charge is -2.04. The zero-order valence-electron chi connectivity index (χ0n) is 11.9. The van der Waals surface area contributed by atoms with Gasteiger partial charge >= 0.3 is 0 Å². The number of aromatic amines is 1. The van der Waals surface area contributed by atoms with Crippen molar-refractivity contribution < 1.29 is 4.79 Å². The van der Waals surface area contributed by atoms with Gasteiger partial charge in [0.15, 0.2) is 0 Å². The maximum Gasteiger partial charge on any atom is 0.230 e. The van der Waals surface area contributed by atoms with E-state index in [9.17, 15) is 4.79 Å². The third-order valence-electron chi connectivity index (χ3n) is 3.35. The number of hydrogen-bond acceptors (Lipinski definition) is 5. The first-order valence-corrected chi connectivity index (χ1v) is 8.75. The third-order valence-corrected chi connectivity index (χ3v) is 5.28. The fraction of sp³-hybridized carbons (Fsp3) is 0.0625. The molecule has 3 aromatic heterocycles. The number of carbonyl (C=O) groups is 1. The average molecular weight is 340 g/mol. The minimum atomic E-state index is -0.0733. The van der Waals surface area contributed by atoms with Gasteiger partial charge in [-0.2, -0.15) is 5.10 Å². The molecule has 1 amide bonds. The van der Waals surface area contributed by atoms with Crippen molar-refractivity contribution in [3.05, 3.63) is 53.0 Å². The van der Waals surface area contributed by atoms with Crippen LogP contribution in [0.25, 0.3) is 20.8 Å². The number of nitrogens with one attached hydrogen (secondary N) is 2. The molecule has 2 N–H and O–H groups in total. The summed E-state index contributed by atoms with van der Waals surface area (Å²) in [6.07, 6.45) is 2.00. The second-order valence-electron chi connectivity index (χ2n) is 5.02. The van der Waals surface area contributed by atoms with E-state index in [2.05, 4.69) is 20.5 Å². The van der Waals surface area contributed by atoms with Crippen LogP contribution in [-0.2, 0) is 11.2 Å². The molecule has 4 aromatic rings. The first-order chi connectivity index (χ1) is 11.3. The van der Waals surface area contributed by atoms with E-state index >= 15 is 0 Å². The minimum absolute atomic E-state index is 0.0733. The number of benzene rings is 1. The van der Waals surface area contributed by atoms with Crippen molar-refractivity contribution in [3.8, 4) is 9.88 Å². The van der Waals surface area contributed by atoms with Crippen molar-refractivity contribution in [1.82, 2.24) is 15.2 Å². The van der Waals surface area contributed by atoms with Gasteiger partial charge in [-0.05, 0) is 29.6 Å². The highest BCUT2D eigenvalue weighted by atomic mass is 32.1. The number of amides is 1. The Labute approximate surface area is 140 Å². The highest BCUT2D eigenvalue weighted by molar-refractivity contribution is 7.20. The van der Waals surface area contributed by atoms with Crippen LogP contribution in [0.1, 0.15) is 5.69 Å². The molecule has 0 unspecified atom stereocenters. The predicted molar refractivity (Wildman–Crippen MR) is 93.9 cm³/mol. The lowest BCUT2D eigenvalue weighted by molar-refractivity contribution is -0.115. The first-order valence-electron chi connectivity index (χ1n) is 6.99. The molecule has 114 valence electrons. The van der Waals surface area contributed by atoms with Crippen LogP contribution >= 0.6 is 22.7 Å². The molecule has 4 rings (SSSR count). The van der Waals surface area contributed by atoms with Gasteiger partial charge in [-0.25, -0.2) is 4.98 Å². The number of thiazole rings is 1. The third kappa shape index (κ3) is 3.01. The van der Waals surface area contributed by atoms with Crippen LogP contribution in [0.2, 0.25) is 0 Å². The fourth-order valence-corrected chi connectivity index (χ4v) is 3.93. The molecule has 0 bridgehead atoms. The van der Waals surface area contributed by atoms with Gasteiger partial charge < -0.3 is 5.32 Å². The van der Waals surface area contributed by atoms with E-state index in [0.717, 1.165) is 32.2 Å². The number of rotatable bonds is 4. The van der Waals surface area contributed by atoms with Crippen molar-refractivity contribution in [1.29, 1.82) is 0 Å². The van der Waals surface area contributed by atoms with Gasteiger partial charge in [0.25, 0.3) is 0 Å². The predicted octanol–water partition coefficient (Wildman–Crippen LogP) is 3.93. The SMILES string of the molecule is O=C(Cc1csc(-c2cccs2)n1)Nc1ccc2[nH]ncc2c1. The van der Waals surface area contributed by atoms with Crippen LogP contribution in [0.15, 0.2) is 47.3 Å². The molecular formula is C16H12N4OS2. The molecule has 0 aliphatic rings. The molecule has 0 aliphatic carbocycles. The summed E-state index contributed by atoms with van der Waals surface area (Å²) in [5.41, 5.74) is 2.50. The quantitative estimate of drug-likeness (QED) is 0.591. The number of thiophene rings is 1. The molecule has 0 radical (unpaired) electrons. The number of anilines is 1. The Kier molecular flexibility index (Phi) is 3.64. The summed E-state index contributed by atoms with van der Waals surface area (Å²) in [6.45, 7) is 0. The Hall–Kier alpha value is -2.51. The number of nitrogens with zero attached hydrogens (tertiary/aromatic N) is 2. The zero-order valence-corrected chi connectivity index (χ0v) is 13.6. The molecule has 1 aromatic carbocycles. The topological polar surface area (TPSA) is 70.7 Å². The molecule has 7 heteroatoms. The number of hydrogen-bond donors (Lipinski definition) is 2. The largest absolute Gasteiger partial charge is 0.326 e. The van der Waals surface area contributed by atoms with E-state index in [4.69, 9.17) is 0 Å². The maximum atomic E-state index is 12.2. The van der Waals surface area contributed by atoms with E-state index in [0.29, 0.717) is 0 Å². The Morgan fingerprint density at radius 3 is 3.09 bits per heavy atom. The fourth-order valence-electron chi connectivity index (χ4n) is 2.29. The molecule has 0 saturated carbocycles. The van der Waals surface area contributed by atoms with Gasteiger partial charge in [0, 0.05) is 16.5 Å². The maximum absolute atomic E-state index is 12.2. The molecule has 23 heavy (non-hydrogen) atoms. The summed E-state index contributed by atoms with van der Waals surface area (Å²) in [7, 11) is 0. The van der Waals surface area contributed by atoms with E-state index < -0.39 is 0 Å².